The zero-order valence-electron chi connectivity index (χ0n) is 10.6. The van der Waals surface area contributed by atoms with Gasteiger partial charge in [-0.15, -0.1) is 0 Å². The van der Waals surface area contributed by atoms with Gasteiger partial charge in [-0.2, -0.15) is 0 Å². The van der Waals surface area contributed by atoms with Gasteiger partial charge in [0.05, 0.1) is 7.11 Å². The molecule has 0 fully saturated rings. The van der Waals surface area contributed by atoms with E-state index in [2.05, 4.69) is 22.3 Å². The van der Waals surface area contributed by atoms with E-state index in [1.54, 1.807) is 7.05 Å². The second-order valence-electron chi connectivity index (χ2n) is 4.05. The molecule has 0 saturated heterocycles. The summed E-state index contributed by atoms with van der Waals surface area (Å²) in [4.78, 5) is 13.5. The predicted octanol–water partition coefficient (Wildman–Crippen LogP) is 0.879. The first-order chi connectivity index (χ1) is 8.17. The molecule has 1 unspecified atom stereocenters. The molecular formula is C13H20N2O2. The van der Waals surface area contributed by atoms with Crippen molar-refractivity contribution < 1.29 is 9.53 Å². The van der Waals surface area contributed by atoms with E-state index in [1.165, 1.54) is 12.7 Å². The summed E-state index contributed by atoms with van der Waals surface area (Å²) in [6.45, 7) is 1.44. The fraction of sp³-hybridized carbons (Fsp3) is 0.462. The molecule has 1 aromatic carbocycles. The molecular weight excluding hydrogens is 216 g/mol. The average molecular weight is 236 g/mol. The lowest BCUT2D eigenvalue weighted by molar-refractivity contribution is -0.143. The van der Waals surface area contributed by atoms with Crippen molar-refractivity contribution in [1.29, 1.82) is 0 Å². The maximum atomic E-state index is 11.4. The molecule has 17 heavy (non-hydrogen) atoms. The lowest BCUT2D eigenvalue weighted by Crippen LogP contribution is -2.43. The van der Waals surface area contributed by atoms with Crippen molar-refractivity contribution in [3.63, 3.8) is 0 Å². The van der Waals surface area contributed by atoms with E-state index in [1.807, 2.05) is 25.2 Å². The second kappa shape index (κ2) is 7.04. The first-order valence-corrected chi connectivity index (χ1v) is 5.65. The summed E-state index contributed by atoms with van der Waals surface area (Å²) in [5.74, 6) is -0.229. The number of carbonyl (C=O) groups is 1. The maximum Gasteiger partial charge on any atom is 0.324 e. The SMILES string of the molecule is CNC(CN(C)Cc1ccccc1)C(=O)OC. The van der Waals surface area contributed by atoms with Gasteiger partial charge in [0.25, 0.3) is 0 Å². The number of benzene rings is 1. The van der Waals surface area contributed by atoms with Crippen LogP contribution in [0.1, 0.15) is 5.56 Å². The monoisotopic (exact) mass is 236 g/mol. The molecule has 1 rings (SSSR count). The number of nitrogens with zero attached hydrogens (tertiary/aromatic N) is 1. The van der Waals surface area contributed by atoms with Gasteiger partial charge < -0.3 is 10.1 Å². The van der Waals surface area contributed by atoms with E-state index in [9.17, 15) is 4.79 Å². The van der Waals surface area contributed by atoms with Crippen molar-refractivity contribution in [1.82, 2.24) is 10.2 Å². The number of likely N-dealkylation sites (N-methyl/N-ethyl adjacent to an activating group) is 2. The highest BCUT2D eigenvalue weighted by Gasteiger charge is 2.18. The fourth-order valence-electron chi connectivity index (χ4n) is 1.70. The molecule has 0 saturated carbocycles. The highest BCUT2D eigenvalue weighted by atomic mass is 16.5. The summed E-state index contributed by atoms with van der Waals surface area (Å²) >= 11 is 0. The number of esters is 1. The summed E-state index contributed by atoms with van der Waals surface area (Å²) in [7, 11) is 5.15. The normalized spacial score (nSPS) is 12.5. The molecule has 0 amide bonds. The lowest BCUT2D eigenvalue weighted by atomic mass is 10.2. The third-order valence-corrected chi connectivity index (χ3v) is 2.62. The van der Waals surface area contributed by atoms with E-state index < -0.39 is 0 Å². The fourth-order valence-corrected chi connectivity index (χ4v) is 1.70. The Bertz CT molecular complexity index is 341. The van der Waals surface area contributed by atoms with E-state index in [0.717, 1.165) is 6.54 Å². The van der Waals surface area contributed by atoms with Crippen LogP contribution in [-0.2, 0) is 16.1 Å². The number of hydrogen-bond donors (Lipinski definition) is 1. The summed E-state index contributed by atoms with van der Waals surface area (Å²) < 4.78 is 4.73. The van der Waals surface area contributed by atoms with Crippen molar-refractivity contribution in [3.8, 4) is 0 Å². The van der Waals surface area contributed by atoms with Crippen molar-refractivity contribution >= 4 is 5.97 Å². The molecule has 0 aliphatic carbocycles. The van der Waals surface area contributed by atoms with E-state index in [-0.39, 0.29) is 12.0 Å². The zero-order valence-corrected chi connectivity index (χ0v) is 10.6. The number of nitrogens with one attached hydrogen (secondary N) is 1. The molecule has 4 nitrogen and oxygen atoms in total. The van der Waals surface area contributed by atoms with Gasteiger partial charge in [-0.25, -0.2) is 0 Å². The third-order valence-electron chi connectivity index (χ3n) is 2.62. The molecule has 4 heteroatoms. The Kier molecular flexibility index (Phi) is 5.66. The Morgan fingerprint density at radius 2 is 2.06 bits per heavy atom. The van der Waals surface area contributed by atoms with E-state index in [0.29, 0.717) is 6.54 Å². The van der Waals surface area contributed by atoms with Crippen LogP contribution in [0.3, 0.4) is 0 Å². The Morgan fingerprint density at radius 1 is 1.41 bits per heavy atom. The van der Waals surface area contributed by atoms with Crippen LogP contribution >= 0.6 is 0 Å². The van der Waals surface area contributed by atoms with Gasteiger partial charge in [0.15, 0.2) is 0 Å². The van der Waals surface area contributed by atoms with E-state index in [4.69, 9.17) is 4.74 Å². The van der Waals surface area contributed by atoms with Gasteiger partial charge in [-0.05, 0) is 19.7 Å². The average Bonchev–Trinajstić information content (AvgIpc) is 2.36. The Morgan fingerprint density at radius 3 is 2.59 bits per heavy atom. The molecule has 1 atom stereocenters. The van der Waals surface area contributed by atoms with Crippen LogP contribution < -0.4 is 5.32 Å². The number of carbonyl (C=O) groups excluding carboxylic acids is 1. The minimum absolute atomic E-state index is 0.229. The lowest BCUT2D eigenvalue weighted by Gasteiger charge is -2.22. The van der Waals surface area contributed by atoms with Gasteiger partial charge in [-0.1, -0.05) is 30.3 Å². The van der Waals surface area contributed by atoms with Crippen LogP contribution in [0, 0.1) is 0 Å². The predicted molar refractivity (Wildman–Crippen MR) is 67.6 cm³/mol. The van der Waals surface area contributed by atoms with Crippen LogP contribution in [0.2, 0.25) is 0 Å². The largest absolute Gasteiger partial charge is 0.468 e. The Balaban J connectivity index is 2.48. The van der Waals surface area contributed by atoms with Crippen LogP contribution in [0.15, 0.2) is 30.3 Å². The van der Waals surface area contributed by atoms with Crippen molar-refractivity contribution in [2.45, 2.75) is 12.6 Å². The molecule has 0 aliphatic rings. The van der Waals surface area contributed by atoms with E-state index >= 15 is 0 Å². The first kappa shape index (κ1) is 13.7. The van der Waals surface area contributed by atoms with Gasteiger partial charge in [-0.3, -0.25) is 9.69 Å². The number of ether oxygens (including phenoxy) is 1. The van der Waals surface area contributed by atoms with Crippen LogP contribution in [0.5, 0.6) is 0 Å². The first-order valence-electron chi connectivity index (χ1n) is 5.65. The summed E-state index contributed by atoms with van der Waals surface area (Å²) in [6, 6.07) is 9.88. The Labute approximate surface area is 103 Å². The van der Waals surface area contributed by atoms with Crippen LogP contribution in [0.4, 0.5) is 0 Å². The molecule has 0 bridgehead atoms. The van der Waals surface area contributed by atoms with Crippen molar-refractivity contribution in [2.75, 3.05) is 27.7 Å². The molecule has 94 valence electrons. The summed E-state index contributed by atoms with van der Waals surface area (Å²) in [5, 5.41) is 2.95. The van der Waals surface area contributed by atoms with Gasteiger partial charge in [0, 0.05) is 13.1 Å². The summed E-state index contributed by atoms with van der Waals surface area (Å²) in [6.07, 6.45) is 0. The highest BCUT2D eigenvalue weighted by Crippen LogP contribution is 2.03. The van der Waals surface area contributed by atoms with Crippen molar-refractivity contribution in [3.05, 3.63) is 35.9 Å². The van der Waals surface area contributed by atoms with Crippen LogP contribution in [-0.4, -0.2) is 44.7 Å². The number of methoxy groups -OCH3 is 1. The van der Waals surface area contributed by atoms with Gasteiger partial charge >= 0.3 is 5.97 Å². The summed E-state index contributed by atoms with van der Waals surface area (Å²) in [5.41, 5.74) is 1.23. The van der Waals surface area contributed by atoms with Gasteiger partial charge in [0.2, 0.25) is 0 Å². The second-order valence-corrected chi connectivity index (χ2v) is 4.05. The third kappa shape index (κ3) is 4.54. The molecule has 0 aromatic heterocycles. The Hall–Kier alpha value is -1.39. The highest BCUT2D eigenvalue weighted by molar-refractivity contribution is 5.75. The van der Waals surface area contributed by atoms with Crippen molar-refractivity contribution in [2.24, 2.45) is 0 Å². The minimum Gasteiger partial charge on any atom is -0.468 e. The molecule has 0 radical (unpaired) electrons. The zero-order chi connectivity index (χ0) is 12.7. The standard InChI is InChI=1S/C13H20N2O2/c1-14-12(13(16)17-3)10-15(2)9-11-7-5-4-6-8-11/h4-8,12,14H,9-10H2,1-3H3. The number of hydrogen-bond acceptors (Lipinski definition) is 4. The van der Waals surface area contributed by atoms with Gasteiger partial charge in [0.1, 0.15) is 6.04 Å². The molecule has 0 heterocycles. The number of rotatable bonds is 6. The molecule has 0 spiro atoms. The molecule has 1 N–H and O–H groups in total. The topological polar surface area (TPSA) is 41.6 Å². The molecule has 0 aliphatic heterocycles. The minimum atomic E-state index is -0.284. The van der Waals surface area contributed by atoms with Crippen LogP contribution in [0.25, 0.3) is 0 Å². The maximum absolute atomic E-state index is 11.4. The molecule has 1 aromatic rings. The quantitative estimate of drug-likeness (QED) is 0.745. The smallest absolute Gasteiger partial charge is 0.324 e.